The largest absolute Gasteiger partial charge is 0.492 e. The molecule has 2 rings (SSSR count). The average Bonchev–Trinajstić information content (AvgIpc) is 2.69. The number of urea groups is 1. The molecule has 1 fully saturated rings. The molecule has 1 aromatic rings. The van der Waals surface area contributed by atoms with Gasteiger partial charge >= 0.3 is 6.03 Å². The van der Waals surface area contributed by atoms with Gasteiger partial charge in [0.15, 0.2) is 0 Å². The molecule has 0 bridgehead atoms. The van der Waals surface area contributed by atoms with Gasteiger partial charge in [0, 0.05) is 5.02 Å². The molecule has 126 valence electrons. The number of nitrogens with one attached hydrogen (secondary N) is 1. The number of nitrogens with zero attached hydrogens (tertiary/aromatic N) is 1. The first-order chi connectivity index (χ1) is 10.8. The van der Waals surface area contributed by atoms with Gasteiger partial charge in [0.05, 0.1) is 6.54 Å². The van der Waals surface area contributed by atoms with E-state index < -0.39 is 5.54 Å². The van der Waals surface area contributed by atoms with E-state index in [0.717, 1.165) is 6.42 Å². The number of carbonyl (C=O) groups excluding carboxylic acids is 2. The van der Waals surface area contributed by atoms with Crippen LogP contribution >= 0.6 is 11.6 Å². The first-order valence-corrected chi connectivity index (χ1v) is 8.22. The molecular weight excluding hydrogens is 316 g/mol. The third-order valence-corrected chi connectivity index (χ3v) is 4.18. The maximum atomic E-state index is 12.5. The average molecular weight is 339 g/mol. The van der Waals surface area contributed by atoms with Crippen LogP contribution in [0.3, 0.4) is 0 Å². The van der Waals surface area contributed by atoms with Crippen LogP contribution in [-0.4, -0.2) is 35.5 Å². The predicted octanol–water partition coefficient (Wildman–Crippen LogP) is 3.47. The minimum absolute atomic E-state index is 0.183. The molecule has 5 nitrogen and oxygen atoms in total. The van der Waals surface area contributed by atoms with Crippen LogP contribution in [0.4, 0.5) is 4.79 Å². The van der Waals surface area contributed by atoms with Crippen LogP contribution in [0.5, 0.6) is 5.75 Å². The van der Waals surface area contributed by atoms with E-state index in [1.807, 2.05) is 0 Å². The van der Waals surface area contributed by atoms with E-state index in [0.29, 0.717) is 23.1 Å². The molecule has 0 spiro atoms. The van der Waals surface area contributed by atoms with Crippen molar-refractivity contribution in [3.8, 4) is 5.75 Å². The zero-order valence-electron chi connectivity index (χ0n) is 13.8. The smallest absolute Gasteiger partial charge is 0.325 e. The number of carbonyl (C=O) groups is 2. The molecule has 0 saturated carbocycles. The van der Waals surface area contributed by atoms with Crippen LogP contribution in [0.15, 0.2) is 24.3 Å². The Kier molecular flexibility index (Phi) is 5.52. The highest BCUT2D eigenvalue weighted by Crippen LogP contribution is 2.24. The molecule has 1 unspecified atom stereocenters. The maximum Gasteiger partial charge on any atom is 0.325 e. The number of ether oxygens (including phenoxy) is 1. The Hall–Kier alpha value is -1.75. The van der Waals surface area contributed by atoms with E-state index in [9.17, 15) is 9.59 Å². The van der Waals surface area contributed by atoms with Crippen molar-refractivity contribution in [1.29, 1.82) is 0 Å². The lowest BCUT2D eigenvalue weighted by atomic mass is 9.92. The fourth-order valence-corrected chi connectivity index (χ4v) is 2.69. The summed E-state index contributed by atoms with van der Waals surface area (Å²) in [6, 6.07) is 6.67. The molecule has 0 aliphatic carbocycles. The van der Waals surface area contributed by atoms with Crippen LogP contribution < -0.4 is 10.1 Å². The SMILES string of the molecule is CC(C)CCC1(C)NC(=O)N(CCOc2cccc(Cl)c2)C1=O. The number of halogens is 1. The van der Waals surface area contributed by atoms with E-state index in [4.69, 9.17) is 16.3 Å². The Morgan fingerprint density at radius 3 is 2.74 bits per heavy atom. The molecule has 1 heterocycles. The highest BCUT2D eigenvalue weighted by atomic mass is 35.5. The molecule has 1 atom stereocenters. The summed E-state index contributed by atoms with van der Waals surface area (Å²) in [6.07, 6.45) is 1.52. The van der Waals surface area contributed by atoms with Gasteiger partial charge in [0.25, 0.3) is 5.91 Å². The summed E-state index contributed by atoms with van der Waals surface area (Å²) in [5.41, 5.74) is -0.808. The summed E-state index contributed by atoms with van der Waals surface area (Å²) in [4.78, 5) is 25.8. The van der Waals surface area contributed by atoms with Crippen LogP contribution in [0.1, 0.15) is 33.6 Å². The summed E-state index contributed by atoms with van der Waals surface area (Å²) >= 11 is 5.89. The van der Waals surface area contributed by atoms with E-state index in [1.54, 1.807) is 31.2 Å². The van der Waals surface area contributed by atoms with Crippen LogP contribution in [-0.2, 0) is 4.79 Å². The van der Waals surface area contributed by atoms with Crippen molar-refractivity contribution in [2.45, 2.75) is 39.2 Å². The Morgan fingerprint density at radius 2 is 2.09 bits per heavy atom. The number of rotatable bonds is 7. The lowest BCUT2D eigenvalue weighted by molar-refractivity contribution is -0.131. The summed E-state index contributed by atoms with van der Waals surface area (Å²) < 4.78 is 5.55. The second-order valence-electron chi connectivity index (χ2n) is 6.46. The van der Waals surface area contributed by atoms with Crippen molar-refractivity contribution in [2.75, 3.05) is 13.2 Å². The summed E-state index contributed by atoms with van der Waals surface area (Å²) in [6.45, 7) is 6.43. The first-order valence-electron chi connectivity index (χ1n) is 7.84. The molecule has 1 aliphatic heterocycles. The minimum atomic E-state index is -0.808. The Labute approximate surface area is 141 Å². The molecule has 1 aliphatic rings. The fourth-order valence-electron chi connectivity index (χ4n) is 2.51. The van der Waals surface area contributed by atoms with Gasteiger partial charge in [-0.2, -0.15) is 0 Å². The molecule has 23 heavy (non-hydrogen) atoms. The van der Waals surface area contributed by atoms with Crippen LogP contribution in [0, 0.1) is 5.92 Å². The second kappa shape index (κ2) is 7.21. The lowest BCUT2D eigenvalue weighted by Crippen LogP contribution is -2.44. The van der Waals surface area contributed by atoms with Gasteiger partial charge in [-0.15, -0.1) is 0 Å². The van der Waals surface area contributed by atoms with Crippen molar-refractivity contribution in [2.24, 2.45) is 5.92 Å². The monoisotopic (exact) mass is 338 g/mol. The van der Waals surface area contributed by atoms with Gasteiger partial charge in [0.1, 0.15) is 17.9 Å². The van der Waals surface area contributed by atoms with E-state index in [-0.39, 0.29) is 25.1 Å². The quantitative estimate of drug-likeness (QED) is 0.774. The highest BCUT2D eigenvalue weighted by Gasteiger charge is 2.47. The Bertz CT molecular complexity index is 591. The van der Waals surface area contributed by atoms with Crippen molar-refractivity contribution >= 4 is 23.5 Å². The zero-order chi connectivity index (χ0) is 17.0. The Balaban J connectivity index is 1.90. The van der Waals surface area contributed by atoms with Gasteiger partial charge in [-0.3, -0.25) is 9.69 Å². The van der Waals surface area contributed by atoms with Crippen LogP contribution in [0.2, 0.25) is 5.02 Å². The lowest BCUT2D eigenvalue weighted by Gasteiger charge is -2.22. The van der Waals surface area contributed by atoms with Gasteiger partial charge < -0.3 is 10.1 Å². The van der Waals surface area contributed by atoms with Gasteiger partial charge in [0.2, 0.25) is 0 Å². The van der Waals surface area contributed by atoms with Gasteiger partial charge in [-0.05, 0) is 43.9 Å². The summed E-state index contributed by atoms with van der Waals surface area (Å²) in [7, 11) is 0. The summed E-state index contributed by atoms with van der Waals surface area (Å²) in [5.74, 6) is 0.918. The molecular formula is C17H23ClN2O3. The fraction of sp³-hybridized carbons (Fsp3) is 0.529. The zero-order valence-corrected chi connectivity index (χ0v) is 14.5. The van der Waals surface area contributed by atoms with Gasteiger partial charge in [-0.1, -0.05) is 31.5 Å². The third kappa shape index (κ3) is 4.38. The van der Waals surface area contributed by atoms with Crippen molar-refractivity contribution < 1.29 is 14.3 Å². The van der Waals surface area contributed by atoms with Crippen molar-refractivity contribution in [3.05, 3.63) is 29.3 Å². The van der Waals surface area contributed by atoms with E-state index >= 15 is 0 Å². The highest BCUT2D eigenvalue weighted by molar-refractivity contribution is 6.30. The minimum Gasteiger partial charge on any atom is -0.492 e. The molecule has 1 aromatic carbocycles. The third-order valence-electron chi connectivity index (χ3n) is 3.95. The topological polar surface area (TPSA) is 58.6 Å². The van der Waals surface area contributed by atoms with E-state index in [2.05, 4.69) is 19.2 Å². The molecule has 0 radical (unpaired) electrons. The molecule has 1 saturated heterocycles. The van der Waals surface area contributed by atoms with Gasteiger partial charge in [-0.25, -0.2) is 4.79 Å². The standard InChI is InChI=1S/C17H23ClN2O3/c1-12(2)7-8-17(3)15(21)20(16(22)19-17)9-10-23-14-6-4-5-13(18)11-14/h4-6,11-12H,7-10H2,1-3H3,(H,19,22). The number of amides is 3. The Morgan fingerprint density at radius 1 is 1.35 bits per heavy atom. The van der Waals surface area contributed by atoms with Crippen molar-refractivity contribution in [1.82, 2.24) is 10.2 Å². The second-order valence-corrected chi connectivity index (χ2v) is 6.89. The molecule has 3 amide bonds. The number of hydrogen-bond acceptors (Lipinski definition) is 3. The molecule has 0 aromatic heterocycles. The number of hydrogen-bond donors (Lipinski definition) is 1. The normalized spacial score (nSPS) is 21.0. The molecule has 1 N–H and O–H groups in total. The van der Waals surface area contributed by atoms with Crippen LogP contribution in [0.25, 0.3) is 0 Å². The molecule has 6 heteroatoms. The first kappa shape index (κ1) is 17.6. The van der Waals surface area contributed by atoms with E-state index in [1.165, 1.54) is 4.90 Å². The van der Waals surface area contributed by atoms with Crippen molar-refractivity contribution in [3.63, 3.8) is 0 Å². The summed E-state index contributed by atoms with van der Waals surface area (Å²) in [5, 5.41) is 3.39. The number of imide groups is 1. The maximum absolute atomic E-state index is 12.5. The predicted molar refractivity (Wildman–Crippen MR) is 89.7 cm³/mol. The number of benzene rings is 1.